The summed E-state index contributed by atoms with van der Waals surface area (Å²) in [4.78, 5) is 12.4. The molecule has 0 bridgehead atoms. The van der Waals surface area contributed by atoms with E-state index < -0.39 is 0 Å². The Balaban J connectivity index is 2.45. The van der Waals surface area contributed by atoms with Gasteiger partial charge < -0.3 is 9.88 Å². The minimum Gasteiger partial charge on any atom is -0.368 e. The third kappa shape index (κ3) is 2.09. The molecule has 0 radical (unpaired) electrons. The molecule has 0 amide bonds. The van der Waals surface area contributed by atoms with E-state index in [0.717, 1.165) is 17.9 Å². The lowest BCUT2D eigenvalue weighted by atomic mass is 10.2. The highest BCUT2D eigenvalue weighted by Gasteiger charge is 2.11. The summed E-state index contributed by atoms with van der Waals surface area (Å²) in [6, 6.07) is 0. The van der Waals surface area contributed by atoms with Gasteiger partial charge in [0.2, 0.25) is 5.28 Å². The van der Waals surface area contributed by atoms with E-state index >= 15 is 0 Å². The fourth-order valence-electron chi connectivity index (χ4n) is 1.45. The molecule has 2 rings (SSSR count). The molecule has 0 aromatic carbocycles. The smallest absolute Gasteiger partial charge is 0.226 e. The molecule has 0 atom stereocenters. The summed E-state index contributed by atoms with van der Waals surface area (Å²) in [6.07, 6.45) is 1.70. The molecule has 2 heterocycles. The standard InChI is InChI=1S/C10H14ClN5/c1-6(2)4-12-8-7-9(13-5-16(7)3)15-10(11)14-8/h5-6H,4H2,1-3H3,(H,12,14,15). The molecule has 0 aliphatic heterocycles. The molecule has 0 fully saturated rings. The SMILES string of the molecule is CC(C)CNc1nc(Cl)nc2ncn(C)c12. The average Bonchev–Trinajstić information content (AvgIpc) is 2.56. The molecule has 1 N–H and O–H groups in total. The van der Waals surface area contributed by atoms with Gasteiger partial charge in [0.25, 0.3) is 0 Å². The zero-order valence-electron chi connectivity index (χ0n) is 9.53. The Morgan fingerprint density at radius 1 is 1.44 bits per heavy atom. The molecule has 0 aliphatic rings. The van der Waals surface area contributed by atoms with Gasteiger partial charge in [0, 0.05) is 13.6 Å². The van der Waals surface area contributed by atoms with Crippen molar-refractivity contribution in [3.63, 3.8) is 0 Å². The van der Waals surface area contributed by atoms with Gasteiger partial charge in [-0.2, -0.15) is 9.97 Å². The van der Waals surface area contributed by atoms with E-state index in [4.69, 9.17) is 11.6 Å². The highest BCUT2D eigenvalue weighted by molar-refractivity contribution is 6.28. The average molecular weight is 240 g/mol. The van der Waals surface area contributed by atoms with Crippen LogP contribution in [0.5, 0.6) is 0 Å². The molecular weight excluding hydrogens is 226 g/mol. The molecule has 0 aliphatic carbocycles. The molecule has 0 saturated carbocycles. The Kier molecular flexibility index (Phi) is 2.96. The maximum Gasteiger partial charge on any atom is 0.226 e. The molecule has 0 saturated heterocycles. The van der Waals surface area contributed by atoms with Crippen LogP contribution < -0.4 is 5.32 Å². The molecule has 5 nitrogen and oxygen atoms in total. The lowest BCUT2D eigenvalue weighted by Crippen LogP contribution is -2.10. The van der Waals surface area contributed by atoms with E-state index in [0.29, 0.717) is 11.6 Å². The van der Waals surface area contributed by atoms with Gasteiger partial charge >= 0.3 is 0 Å². The van der Waals surface area contributed by atoms with Crippen molar-refractivity contribution in [1.82, 2.24) is 19.5 Å². The van der Waals surface area contributed by atoms with Gasteiger partial charge in [-0.25, -0.2) is 4.98 Å². The van der Waals surface area contributed by atoms with E-state index in [-0.39, 0.29) is 5.28 Å². The zero-order valence-corrected chi connectivity index (χ0v) is 10.3. The van der Waals surface area contributed by atoms with Crippen LogP contribution in [-0.2, 0) is 7.05 Å². The first-order valence-electron chi connectivity index (χ1n) is 5.16. The van der Waals surface area contributed by atoms with Crippen molar-refractivity contribution < 1.29 is 0 Å². The number of nitrogens with zero attached hydrogens (tertiary/aromatic N) is 4. The Morgan fingerprint density at radius 2 is 2.19 bits per heavy atom. The first-order chi connectivity index (χ1) is 7.58. The maximum absolute atomic E-state index is 5.84. The summed E-state index contributed by atoms with van der Waals surface area (Å²) in [5, 5.41) is 3.48. The summed E-state index contributed by atoms with van der Waals surface area (Å²) in [5.41, 5.74) is 1.50. The second kappa shape index (κ2) is 4.25. The van der Waals surface area contributed by atoms with E-state index in [1.165, 1.54) is 0 Å². The summed E-state index contributed by atoms with van der Waals surface area (Å²) >= 11 is 5.84. The molecule has 0 spiro atoms. The Morgan fingerprint density at radius 3 is 2.88 bits per heavy atom. The van der Waals surface area contributed by atoms with Crippen LogP contribution in [-0.4, -0.2) is 26.1 Å². The number of anilines is 1. The Labute approximate surface area is 98.9 Å². The van der Waals surface area contributed by atoms with Crippen LogP contribution >= 0.6 is 11.6 Å². The Bertz CT molecular complexity index is 505. The number of aryl methyl sites for hydroxylation is 1. The quantitative estimate of drug-likeness (QED) is 0.834. The van der Waals surface area contributed by atoms with Crippen molar-refractivity contribution >= 4 is 28.6 Å². The number of aromatic nitrogens is 4. The number of halogens is 1. The minimum atomic E-state index is 0.220. The molecule has 6 heteroatoms. The lowest BCUT2D eigenvalue weighted by molar-refractivity contribution is 0.687. The monoisotopic (exact) mass is 239 g/mol. The summed E-state index contributed by atoms with van der Waals surface area (Å²) in [5.74, 6) is 1.28. The van der Waals surface area contributed by atoms with Crippen molar-refractivity contribution in [1.29, 1.82) is 0 Å². The summed E-state index contributed by atoms with van der Waals surface area (Å²) < 4.78 is 1.88. The normalized spacial score (nSPS) is 11.3. The third-order valence-corrected chi connectivity index (χ3v) is 2.39. The van der Waals surface area contributed by atoms with Crippen molar-refractivity contribution in [2.75, 3.05) is 11.9 Å². The third-order valence-electron chi connectivity index (χ3n) is 2.22. The lowest BCUT2D eigenvalue weighted by Gasteiger charge is -2.09. The van der Waals surface area contributed by atoms with Crippen LogP contribution in [0.3, 0.4) is 0 Å². The van der Waals surface area contributed by atoms with Gasteiger partial charge in [-0.15, -0.1) is 0 Å². The van der Waals surface area contributed by atoms with Gasteiger partial charge in [-0.3, -0.25) is 0 Å². The van der Waals surface area contributed by atoms with Gasteiger partial charge in [0.15, 0.2) is 11.5 Å². The highest BCUT2D eigenvalue weighted by Crippen LogP contribution is 2.20. The van der Waals surface area contributed by atoms with Crippen LogP contribution in [0.4, 0.5) is 5.82 Å². The second-order valence-corrected chi connectivity index (χ2v) is 4.48. The molecule has 86 valence electrons. The van der Waals surface area contributed by atoms with E-state index in [1.54, 1.807) is 6.33 Å². The van der Waals surface area contributed by atoms with Crippen LogP contribution in [0.15, 0.2) is 6.33 Å². The van der Waals surface area contributed by atoms with Gasteiger partial charge in [0.05, 0.1) is 6.33 Å². The summed E-state index contributed by atoms with van der Waals surface area (Å²) in [7, 11) is 1.91. The number of hydrogen-bond donors (Lipinski definition) is 1. The maximum atomic E-state index is 5.84. The predicted octanol–water partition coefficient (Wildman–Crippen LogP) is 2.08. The van der Waals surface area contributed by atoms with Crippen LogP contribution in [0.1, 0.15) is 13.8 Å². The van der Waals surface area contributed by atoms with Gasteiger partial charge in [-0.1, -0.05) is 13.8 Å². The van der Waals surface area contributed by atoms with Crippen molar-refractivity contribution in [2.24, 2.45) is 13.0 Å². The minimum absolute atomic E-state index is 0.220. The zero-order chi connectivity index (χ0) is 11.7. The largest absolute Gasteiger partial charge is 0.368 e. The fraction of sp³-hybridized carbons (Fsp3) is 0.500. The van der Waals surface area contributed by atoms with Crippen molar-refractivity contribution in [2.45, 2.75) is 13.8 Å². The number of nitrogens with one attached hydrogen (secondary N) is 1. The van der Waals surface area contributed by atoms with Crippen molar-refractivity contribution in [3.8, 4) is 0 Å². The highest BCUT2D eigenvalue weighted by atomic mass is 35.5. The number of hydrogen-bond acceptors (Lipinski definition) is 4. The predicted molar refractivity (Wildman–Crippen MR) is 64.6 cm³/mol. The molecule has 16 heavy (non-hydrogen) atoms. The summed E-state index contributed by atoms with van der Waals surface area (Å²) in [6.45, 7) is 5.11. The fourth-order valence-corrected chi connectivity index (χ4v) is 1.62. The molecule has 0 unspecified atom stereocenters. The first kappa shape index (κ1) is 11.1. The topological polar surface area (TPSA) is 55.6 Å². The second-order valence-electron chi connectivity index (χ2n) is 4.14. The number of imidazole rings is 1. The van der Waals surface area contributed by atoms with Crippen LogP contribution in [0.2, 0.25) is 5.28 Å². The van der Waals surface area contributed by atoms with E-state index in [2.05, 4.69) is 34.1 Å². The Hall–Kier alpha value is -1.36. The van der Waals surface area contributed by atoms with Crippen LogP contribution in [0.25, 0.3) is 11.2 Å². The molecular formula is C10H14ClN5. The number of fused-ring (bicyclic) bond motifs is 1. The number of rotatable bonds is 3. The van der Waals surface area contributed by atoms with E-state index in [9.17, 15) is 0 Å². The molecule has 2 aromatic rings. The van der Waals surface area contributed by atoms with E-state index in [1.807, 2.05) is 11.6 Å². The van der Waals surface area contributed by atoms with Crippen LogP contribution in [0, 0.1) is 5.92 Å². The van der Waals surface area contributed by atoms with Crippen molar-refractivity contribution in [3.05, 3.63) is 11.6 Å². The van der Waals surface area contributed by atoms with Gasteiger partial charge in [-0.05, 0) is 17.5 Å². The van der Waals surface area contributed by atoms with Gasteiger partial charge in [0.1, 0.15) is 5.52 Å². The first-order valence-corrected chi connectivity index (χ1v) is 5.54. The molecule has 2 aromatic heterocycles.